The fraction of sp³-hybridized carbons (Fsp3) is 0.235. The van der Waals surface area contributed by atoms with Gasteiger partial charge in [0.2, 0.25) is 0 Å². The van der Waals surface area contributed by atoms with Crippen molar-refractivity contribution in [2.24, 2.45) is 5.73 Å². The lowest BCUT2D eigenvalue weighted by Crippen LogP contribution is -2.35. The monoisotopic (exact) mass is 433 g/mol. The van der Waals surface area contributed by atoms with Crippen LogP contribution in [0.25, 0.3) is 0 Å². The number of aromatic nitrogens is 1. The number of rotatable bonds is 4. The van der Waals surface area contributed by atoms with Gasteiger partial charge in [0, 0.05) is 5.02 Å². The summed E-state index contributed by atoms with van der Waals surface area (Å²) in [5.74, 6) is -0.870. The number of cyclic esters (lactones) is 1. The average molecular weight is 434 g/mol. The summed E-state index contributed by atoms with van der Waals surface area (Å²) in [5, 5.41) is -0.188. The molecular formula is C17H12Cl2F3N3O3. The van der Waals surface area contributed by atoms with E-state index < -0.39 is 41.0 Å². The van der Waals surface area contributed by atoms with E-state index >= 15 is 0 Å². The second kappa shape index (κ2) is 7.48. The first-order chi connectivity index (χ1) is 13.1. The summed E-state index contributed by atoms with van der Waals surface area (Å²) in [4.78, 5) is 28.4. The highest BCUT2D eigenvalue weighted by Gasteiger charge is 2.42. The Bertz CT molecular complexity index is 922. The van der Waals surface area contributed by atoms with Gasteiger partial charge in [-0.25, -0.2) is 9.78 Å². The van der Waals surface area contributed by atoms with Gasteiger partial charge in [-0.15, -0.1) is 0 Å². The molecule has 1 saturated heterocycles. The molecule has 2 amide bonds. The van der Waals surface area contributed by atoms with Crippen LogP contribution in [0.3, 0.4) is 0 Å². The second-order valence-electron chi connectivity index (χ2n) is 5.95. The summed E-state index contributed by atoms with van der Waals surface area (Å²) in [7, 11) is 0. The normalized spacial score (nSPS) is 18.1. The Balaban J connectivity index is 2.11. The predicted molar refractivity (Wildman–Crippen MR) is 93.7 cm³/mol. The van der Waals surface area contributed by atoms with Crippen molar-refractivity contribution in [3.8, 4) is 0 Å². The molecule has 28 heavy (non-hydrogen) atoms. The number of pyridine rings is 1. The molecular weight excluding hydrogens is 422 g/mol. The Hall–Kier alpha value is -2.52. The van der Waals surface area contributed by atoms with E-state index in [0.29, 0.717) is 10.6 Å². The fourth-order valence-corrected chi connectivity index (χ4v) is 3.14. The molecule has 2 N–H and O–H groups in total. The zero-order chi connectivity index (χ0) is 20.6. The van der Waals surface area contributed by atoms with Crippen LogP contribution in [0.15, 0.2) is 36.4 Å². The van der Waals surface area contributed by atoms with Gasteiger partial charge in [0.05, 0.1) is 17.3 Å². The van der Waals surface area contributed by atoms with Crippen molar-refractivity contribution in [1.82, 2.24) is 9.88 Å². The minimum atomic E-state index is -4.79. The van der Waals surface area contributed by atoms with E-state index in [4.69, 9.17) is 33.7 Å². The Morgan fingerprint density at radius 3 is 2.39 bits per heavy atom. The molecule has 0 radical (unpaired) electrons. The van der Waals surface area contributed by atoms with Crippen molar-refractivity contribution in [3.63, 3.8) is 0 Å². The number of amides is 2. The first-order valence-corrected chi connectivity index (χ1v) is 8.59. The van der Waals surface area contributed by atoms with Crippen molar-refractivity contribution < 1.29 is 27.5 Å². The van der Waals surface area contributed by atoms with Gasteiger partial charge in [0.1, 0.15) is 6.04 Å². The molecule has 1 unspecified atom stereocenters. The first-order valence-electron chi connectivity index (χ1n) is 7.83. The summed E-state index contributed by atoms with van der Waals surface area (Å²) in [6, 6.07) is 7.31. The van der Waals surface area contributed by atoms with Crippen LogP contribution in [0.4, 0.5) is 18.0 Å². The van der Waals surface area contributed by atoms with E-state index in [0.717, 1.165) is 11.0 Å². The third kappa shape index (κ3) is 4.00. The summed E-state index contributed by atoms with van der Waals surface area (Å²) in [6.07, 6.45) is -6.93. The van der Waals surface area contributed by atoms with E-state index in [1.807, 2.05) is 0 Å². The first kappa shape index (κ1) is 20.2. The van der Waals surface area contributed by atoms with Gasteiger partial charge in [0.25, 0.3) is 5.91 Å². The molecule has 0 bridgehead atoms. The van der Waals surface area contributed by atoms with Gasteiger partial charge < -0.3 is 10.5 Å². The number of primary amides is 1. The highest BCUT2D eigenvalue weighted by atomic mass is 35.5. The van der Waals surface area contributed by atoms with Crippen LogP contribution < -0.4 is 5.73 Å². The van der Waals surface area contributed by atoms with Crippen molar-refractivity contribution in [1.29, 1.82) is 0 Å². The molecule has 1 aromatic carbocycles. The molecule has 3 rings (SSSR count). The largest absolute Gasteiger partial charge is 0.434 e. The van der Waals surface area contributed by atoms with E-state index in [-0.39, 0.29) is 12.2 Å². The zero-order valence-electron chi connectivity index (χ0n) is 13.9. The topological polar surface area (TPSA) is 85.5 Å². The number of alkyl halides is 3. The number of nitrogens with two attached hydrogens (primary N) is 1. The number of benzene rings is 1. The molecule has 1 aliphatic rings. The average Bonchev–Trinajstić information content (AvgIpc) is 2.99. The van der Waals surface area contributed by atoms with Crippen LogP contribution in [-0.2, 0) is 15.7 Å². The minimum Gasteiger partial charge on any atom is -0.434 e. The predicted octanol–water partition coefficient (Wildman–Crippen LogP) is 3.80. The quantitative estimate of drug-likeness (QED) is 0.794. The zero-order valence-corrected chi connectivity index (χ0v) is 15.4. The smallest absolute Gasteiger partial charge is 0.434 e. The van der Waals surface area contributed by atoms with Crippen molar-refractivity contribution in [2.75, 3.05) is 6.54 Å². The number of ether oxygens (including phenoxy) is 1. The van der Waals surface area contributed by atoms with Crippen LogP contribution in [0.2, 0.25) is 10.0 Å². The van der Waals surface area contributed by atoms with Crippen LogP contribution in [0.1, 0.15) is 23.0 Å². The SMILES string of the molecule is NC(=O)C1CN([C@H](c2ccc(Cl)cc2)c2ccc(Cl)c(C(F)(F)F)n2)C(=O)O1. The molecule has 11 heteroatoms. The Labute approximate surface area is 167 Å². The fourth-order valence-electron chi connectivity index (χ4n) is 2.80. The number of nitrogens with zero attached hydrogens (tertiary/aromatic N) is 2. The van der Waals surface area contributed by atoms with Gasteiger partial charge in [0.15, 0.2) is 11.8 Å². The van der Waals surface area contributed by atoms with Crippen molar-refractivity contribution >= 4 is 35.2 Å². The van der Waals surface area contributed by atoms with Gasteiger partial charge in [-0.05, 0) is 29.8 Å². The van der Waals surface area contributed by atoms with Gasteiger partial charge >= 0.3 is 12.3 Å². The summed E-state index contributed by atoms with van der Waals surface area (Å²) >= 11 is 11.5. The van der Waals surface area contributed by atoms with Gasteiger partial charge in [-0.1, -0.05) is 35.3 Å². The molecule has 0 saturated carbocycles. The molecule has 1 fully saturated rings. The van der Waals surface area contributed by atoms with Crippen LogP contribution in [0, 0.1) is 0 Å². The van der Waals surface area contributed by atoms with Crippen LogP contribution in [0.5, 0.6) is 0 Å². The number of hydrogen-bond acceptors (Lipinski definition) is 4. The Morgan fingerprint density at radius 2 is 1.86 bits per heavy atom. The lowest BCUT2D eigenvalue weighted by atomic mass is 10.0. The van der Waals surface area contributed by atoms with Crippen LogP contribution in [-0.4, -0.2) is 34.5 Å². The molecule has 1 aliphatic heterocycles. The van der Waals surface area contributed by atoms with Gasteiger partial charge in [-0.3, -0.25) is 9.69 Å². The van der Waals surface area contributed by atoms with Gasteiger partial charge in [-0.2, -0.15) is 13.2 Å². The van der Waals surface area contributed by atoms with E-state index in [1.165, 1.54) is 30.3 Å². The number of carbonyl (C=O) groups excluding carboxylic acids is 2. The van der Waals surface area contributed by atoms with Crippen molar-refractivity contribution in [2.45, 2.75) is 18.3 Å². The maximum Gasteiger partial charge on any atom is 0.434 e. The van der Waals surface area contributed by atoms with E-state index in [9.17, 15) is 22.8 Å². The highest BCUT2D eigenvalue weighted by Crippen LogP contribution is 2.37. The lowest BCUT2D eigenvalue weighted by Gasteiger charge is -2.26. The number of hydrogen-bond donors (Lipinski definition) is 1. The molecule has 0 aliphatic carbocycles. The Morgan fingerprint density at radius 1 is 1.21 bits per heavy atom. The Kier molecular flexibility index (Phi) is 5.40. The summed E-state index contributed by atoms with van der Waals surface area (Å²) < 4.78 is 44.6. The third-order valence-electron chi connectivity index (χ3n) is 4.07. The summed E-state index contributed by atoms with van der Waals surface area (Å²) in [5.41, 5.74) is 4.19. The number of carbonyl (C=O) groups is 2. The summed E-state index contributed by atoms with van der Waals surface area (Å²) in [6.45, 7) is -0.243. The third-order valence-corrected chi connectivity index (χ3v) is 4.63. The molecule has 2 aromatic rings. The number of halogens is 5. The van der Waals surface area contributed by atoms with Crippen LogP contribution >= 0.6 is 23.2 Å². The molecule has 2 atom stereocenters. The lowest BCUT2D eigenvalue weighted by molar-refractivity contribution is -0.141. The van der Waals surface area contributed by atoms with E-state index in [1.54, 1.807) is 0 Å². The minimum absolute atomic E-state index is 0.110. The molecule has 148 valence electrons. The van der Waals surface area contributed by atoms with E-state index in [2.05, 4.69) is 4.98 Å². The standard InChI is InChI=1S/C17H12Cl2F3N3O3/c18-9-3-1-8(2-4-9)13(25-7-12(15(23)26)28-16(25)27)11-6-5-10(19)14(24-11)17(20,21)22/h1-6,12-13H,7H2,(H2,23,26)/t12?,13-/m1/s1. The highest BCUT2D eigenvalue weighted by molar-refractivity contribution is 6.31. The second-order valence-corrected chi connectivity index (χ2v) is 6.79. The maximum absolute atomic E-state index is 13.2. The van der Waals surface area contributed by atoms with Crippen molar-refractivity contribution in [3.05, 3.63) is 63.4 Å². The molecule has 2 heterocycles. The molecule has 0 spiro atoms. The molecule has 6 nitrogen and oxygen atoms in total. The molecule has 1 aromatic heterocycles. The maximum atomic E-state index is 13.2.